The molecule has 1 aliphatic rings. The van der Waals surface area contributed by atoms with Crippen LogP contribution in [0.25, 0.3) is 0 Å². The van der Waals surface area contributed by atoms with Gasteiger partial charge in [0.2, 0.25) is 0 Å². The van der Waals surface area contributed by atoms with Crippen molar-refractivity contribution in [3.8, 4) is 0 Å². The zero-order valence-electron chi connectivity index (χ0n) is 11.4. The molecule has 0 aromatic heterocycles. The van der Waals surface area contributed by atoms with E-state index in [1.54, 1.807) is 0 Å². The van der Waals surface area contributed by atoms with Crippen LogP contribution < -0.4 is 5.32 Å². The largest absolute Gasteiger partial charge is 0.317 e. The average molecular weight is 261 g/mol. The predicted molar refractivity (Wildman–Crippen MR) is 72.9 cm³/mol. The van der Waals surface area contributed by atoms with Gasteiger partial charge in [0.1, 0.15) is 0 Å². The van der Waals surface area contributed by atoms with E-state index >= 15 is 0 Å². The molecular formula is C13H27NO2S. The summed E-state index contributed by atoms with van der Waals surface area (Å²) in [7, 11) is -2.74. The van der Waals surface area contributed by atoms with E-state index < -0.39 is 9.84 Å². The summed E-state index contributed by atoms with van der Waals surface area (Å²) in [5.41, 5.74) is 0. The molecule has 0 bridgehead atoms. The molecule has 1 heterocycles. The Hall–Kier alpha value is -0.0900. The molecular weight excluding hydrogens is 234 g/mol. The highest BCUT2D eigenvalue weighted by Crippen LogP contribution is 2.30. The predicted octanol–water partition coefficient (Wildman–Crippen LogP) is 2.08. The first-order valence-corrected chi connectivity index (χ1v) is 8.71. The fraction of sp³-hybridized carbons (Fsp3) is 1.00. The zero-order valence-corrected chi connectivity index (χ0v) is 12.2. The summed E-state index contributed by atoms with van der Waals surface area (Å²) in [6.07, 6.45) is 3.21. The van der Waals surface area contributed by atoms with Crippen molar-refractivity contribution in [1.29, 1.82) is 0 Å². The van der Waals surface area contributed by atoms with Crippen molar-refractivity contribution < 1.29 is 8.42 Å². The molecule has 1 rings (SSSR count). The summed E-state index contributed by atoms with van der Waals surface area (Å²) in [5.74, 6) is 2.43. The molecule has 0 radical (unpaired) electrons. The first-order chi connectivity index (χ1) is 7.98. The third-order valence-electron chi connectivity index (χ3n) is 3.99. The van der Waals surface area contributed by atoms with Gasteiger partial charge in [-0.05, 0) is 43.7 Å². The summed E-state index contributed by atoms with van der Waals surface area (Å²) in [6.45, 7) is 8.52. The average Bonchev–Trinajstić information content (AvgIpc) is 2.64. The number of hydrogen-bond donors (Lipinski definition) is 1. The Bertz CT molecular complexity index is 313. The monoisotopic (exact) mass is 261 g/mol. The Labute approximate surface area is 106 Å². The summed E-state index contributed by atoms with van der Waals surface area (Å²) < 4.78 is 23.1. The molecule has 0 aromatic carbocycles. The highest BCUT2D eigenvalue weighted by Gasteiger charge is 2.33. The molecule has 0 aliphatic carbocycles. The lowest BCUT2D eigenvalue weighted by Crippen LogP contribution is -2.30. The van der Waals surface area contributed by atoms with Crippen molar-refractivity contribution in [3.63, 3.8) is 0 Å². The second-order valence-electron chi connectivity index (χ2n) is 5.48. The van der Waals surface area contributed by atoms with E-state index in [0.29, 0.717) is 29.3 Å². The minimum Gasteiger partial charge on any atom is -0.317 e. The van der Waals surface area contributed by atoms with E-state index in [9.17, 15) is 8.42 Å². The fourth-order valence-electron chi connectivity index (χ4n) is 2.65. The van der Waals surface area contributed by atoms with Gasteiger partial charge in [-0.1, -0.05) is 27.2 Å². The van der Waals surface area contributed by atoms with E-state index in [0.717, 1.165) is 25.9 Å². The van der Waals surface area contributed by atoms with Crippen molar-refractivity contribution in [1.82, 2.24) is 5.32 Å². The van der Waals surface area contributed by atoms with E-state index in [1.807, 2.05) is 0 Å². The van der Waals surface area contributed by atoms with Crippen molar-refractivity contribution in [2.24, 2.45) is 17.8 Å². The first kappa shape index (κ1) is 15.0. The van der Waals surface area contributed by atoms with Crippen molar-refractivity contribution >= 4 is 9.84 Å². The molecule has 3 atom stereocenters. The van der Waals surface area contributed by atoms with Crippen LogP contribution in [0.3, 0.4) is 0 Å². The molecule has 1 aliphatic heterocycles. The fourth-order valence-corrected chi connectivity index (χ4v) is 4.57. The maximum Gasteiger partial charge on any atom is 0.150 e. The molecule has 1 saturated heterocycles. The standard InChI is InChI=1S/C13H27NO2S/c1-4-11(3)8-13(9-14-5-2)12-6-7-17(15,16)10-12/h11-14H,4-10H2,1-3H3. The third kappa shape index (κ3) is 4.96. The molecule has 3 nitrogen and oxygen atoms in total. The van der Waals surface area contributed by atoms with Crippen LogP contribution in [-0.2, 0) is 9.84 Å². The van der Waals surface area contributed by atoms with Gasteiger partial charge >= 0.3 is 0 Å². The lowest BCUT2D eigenvalue weighted by atomic mass is 9.83. The number of sulfone groups is 1. The van der Waals surface area contributed by atoms with Crippen LogP contribution in [0.1, 0.15) is 40.0 Å². The first-order valence-electron chi connectivity index (χ1n) is 6.89. The summed E-state index contributed by atoms with van der Waals surface area (Å²) in [5, 5.41) is 3.39. The van der Waals surface area contributed by atoms with Crippen LogP contribution in [0.4, 0.5) is 0 Å². The smallest absolute Gasteiger partial charge is 0.150 e. The van der Waals surface area contributed by atoms with Crippen LogP contribution in [0, 0.1) is 17.8 Å². The van der Waals surface area contributed by atoms with Crippen molar-refractivity contribution in [2.75, 3.05) is 24.6 Å². The quantitative estimate of drug-likeness (QED) is 0.763. The number of nitrogens with one attached hydrogen (secondary N) is 1. The highest BCUT2D eigenvalue weighted by atomic mass is 32.2. The molecule has 1 fully saturated rings. The van der Waals surface area contributed by atoms with Gasteiger partial charge in [0.15, 0.2) is 9.84 Å². The molecule has 0 spiro atoms. The summed E-state index contributed by atoms with van der Waals surface area (Å²) in [4.78, 5) is 0. The van der Waals surface area contributed by atoms with Gasteiger partial charge in [0.05, 0.1) is 11.5 Å². The second kappa shape index (κ2) is 6.74. The van der Waals surface area contributed by atoms with Crippen LogP contribution >= 0.6 is 0 Å². The Balaban J connectivity index is 2.56. The van der Waals surface area contributed by atoms with Gasteiger partial charge in [-0.2, -0.15) is 0 Å². The topological polar surface area (TPSA) is 46.2 Å². The zero-order chi connectivity index (χ0) is 12.9. The summed E-state index contributed by atoms with van der Waals surface area (Å²) >= 11 is 0. The number of rotatable bonds is 7. The van der Waals surface area contributed by atoms with E-state index in [-0.39, 0.29) is 0 Å². The van der Waals surface area contributed by atoms with Crippen LogP contribution in [0.5, 0.6) is 0 Å². The highest BCUT2D eigenvalue weighted by molar-refractivity contribution is 7.91. The Morgan fingerprint density at radius 3 is 2.53 bits per heavy atom. The summed E-state index contributed by atoms with van der Waals surface area (Å²) in [6, 6.07) is 0. The van der Waals surface area contributed by atoms with E-state index in [1.165, 1.54) is 6.42 Å². The lowest BCUT2D eigenvalue weighted by Gasteiger charge is -2.25. The molecule has 102 valence electrons. The molecule has 0 amide bonds. The minimum absolute atomic E-state index is 0.382. The maximum absolute atomic E-state index is 11.6. The van der Waals surface area contributed by atoms with Gasteiger partial charge in [0, 0.05) is 0 Å². The van der Waals surface area contributed by atoms with Gasteiger partial charge in [-0.25, -0.2) is 8.42 Å². The Morgan fingerprint density at radius 2 is 2.06 bits per heavy atom. The molecule has 1 N–H and O–H groups in total. The minimum atomic E-state index is -2.74. The molecule has 3 unspecified atom stereocenters. The third-order valence-corrected chi connectivity index (χ3v) is 5.79. The van der Waals surface area contributed by atoms with Gasteiger partial charge in [-0.3, -0.25) is 0 Å². The van der Waals surface area contributed by atoms with Crippen LogP contribution in [0.2, 0.25) is 0 Å². The number of hydrogen-bond acceptors (Lipinski definition) is 3. The maximum atomic E-state index is 11.6. The Kier molecular flexibility index (Phi) is 5.93. The van der Waals surface area contributed by atoms with Crippen LogP contribution in [-0.4, -0.2) is 33.0 Å². The van der Waals surface area contributed by atoms with E-state index in [4.69, 9.17) is 0 Å². The normalized spacial score (nSPS) is 26.9. The molecule has 4 heteroatoms. The van der Waals surface area contributed by atoms with E-state index in [2.05, 4.69) is 26.1 Å². The van der Waals surface area contributed by atoms with Crippen molar-refractivity contribution in [3.05, 3.63) is 0 Å². The van der Waals surface area contributed by atoms with Gasteiger partial charge < -0.3 is 5.32 Å². The lowest BCUT2D eigenvalue weighted by molar-refractivity contribution is 0.281. The SMILES string of the molecule is CCNCC(CC(C)CC)C1CCS(=O)(=O)C1. The second-order valence-corrected chi connectivity index (χ2v) is 7.71. The molecule has 0 aromatic rings. The molecule has 17 heavy (non-hydrogen) atoms. The van der Waals surface area contributed by atoms with Gasteiger partial charge in [-0.15, -0.1) is 0 Å². The Morgan fingerprint density at radius 1 is 1.35 bits per heavy atom. The van der Waals surface area contributed by atoms with Crippen molar-refractivity contribution in [2.45, 2.75) is 40.0 Å². The van der Waals surface area contributed by atoms with Crippen LogP contribution in [0.15, 0.2) is 0 Å². The van der Waals surface area contributed by atoms with Gasteiger partial charge in [0.25, 0.3) is 0 Å². The molecule has 0 saturated carbocycles.